The molecule has 1 aliphatic carbocycles. The number of rotatable bonds is 5. The van der Waals surface area contributed by atoms with E-state index in [1.165, 1.54) is 25.8 Å². The number of hydroxylamine groups is 1. The second kappa shape index (κ2) is 4.81. The lowest BCUT2D eigenvalue weighted by Crippen LogP contribution is -2.34. The molecule has 1 heterocycles. The predicted molar refractivity (Wildman–Crippen MR) is 61.5 cm³/mol. The van der Waals surface area contributed by atoms with Gasteiger partial charge in [-0.2, -0.15) is 5.48 Å². The fourth-order valence-electron chi connectivity index (χ4n) is 2.39. The van der Waals surface area contributed by atoms with Gasteiger partial charge in [-0.3, -0.25) is 4.90 Å². The number of nitrogens with zero attached hydrogens (tertiary/aromatic N) is 1. The van der Waals surface area contributed by atoms with Crippen molar-refractivity contribution >= 4 is 0 Å². The predicted octanol–water partition coefficient (Wildman–Crippen LogP) is 1.79. The molecule has 1 saturated heterocycles. The van der Waals surface area contributed by atoms with E-state index < -0.39 is 0 Å². The van der Waals surface area contributed by atoms with Crippen molar-refractivity contribution in [3.63, 3.8) is 0 Å². The normalized spacial score (nSPS) is 32.8. The van der Waals surface area contributed by atoms with Crippen molar-refractivity contribution in [2.45, 2.75) is 58.2 Å². The first-order valence-electron chi connectivity index (χ1n) is 6.30. The molecular weight excluding hydrogens is 188 g/mol. The Morgan fingerprint density at radius 1 is 1.40 bits per heavy atom. The molecule has 15 heavy (non-hydrogen) atoms. The van der Waals surface area contributed by atoms with Crippen LogP contribution in [0.2, 0.25) is 0 Å². The van der Waals surface area contributed by atoms with Crippen molar-refractivity contribution in [2.24, 2.45) is 5.92 Å². The maximum Gasteiger partial charge on any atom is 0.0705 e. The number of likely N-dealkylation sites (tertiary alicyclic amines) is 1. The first kappa shape index (κ1) is 11.4. The molecule has 1 saturated carbocycles. The Morgan fingerprint density at radius 2 is 2.13 bits per heavy atom. The molecule has 0 amide bonds. The summed E-state index contributed by atoms with van der Waals surface area (Å²) in [6.07, 6.45) is 4.04. The number of hydrogen-bond donors (Lipinski definition) is 1. The van der Waals surface area contributed by atoms with Crippen LogP contribution in [0.1, 0.15) is 40.0 Å². The molecule has 1 N–H and O–H groups in total. The van der Waals surface area contributed by atoms with Gasteiger partial charge in [-0.25, -0.2) is 0 Å². The lowest BCUT2D eigenvalue weighted by atomic mass is 10.2. The van der Waals surface area contributed by atoms with E-state index in [1.54, 1.807) is 0 Å². The zero-order valence-corrected chi connectivity index (χ0v) is 10.2. The molecule has 0 bridgehead atoms. The first-order chi connectivity index (χ1) is 7.16. The Kier molecular flexibility index (Phi) is 3.65. The van der Waals surface area contributed by atoms with Crippen LogP contribution in [0.25, 0.3) is 0 Å². The molecule has 0 aromatic carbocycles. The van der Waals surface area contributed by atoms with Gasteiger partial charge in [-0.05, 0) is 32.1 Å². The van der Waals surface area contributed by atoms with Crippen LogP contribution in [0, 0.1) is 5.92 Å². The topological polar surface area (TPSA) is 24.5 Å². The summed E-state index contributed by atoms with van der Waals surface area (Å²) >= 11 is 0. The Morgan fingerprint density at radius 3 is 2.73 bits per heavy atom. The van der Waals surface area contributed by atoms with Crippen molar-refractivity contribution in [1.82, 2.24) is 10.4 Å². The summed E-state index contributed by atoms with van der Waals surface area (Å²) in [5.41, 5.74) is 3.21. The Labute approximate surface area is 93.1 Å². The fourth-order valence-corrected chi connectivity index (χ4v) is 2.39. The van der Waals surface area contributed by atoms with Gasteiger partial charge < -0.3 is 4.84 Å². The maximum atomic E-state index is 5.50. The van der Waals surface area contributed by atoms with Crippen LogP contribution in [-0.2, 0) is 4.84 Å². The maximum absolute atomic E-state index is 5.50. The zero-order valence-electron chi connectivity index (χ0n) is 10.2. The molecule has 0 radical (unpaired) electrons. The largest absolute Gasteiger partial charge is 0.301 e. The van der Waals surface area contributed by atoms with Gasteiger partial charge in [-0.15, -0.1) is 0 Å². The minimum atomic E-state index is 0.541. The van der Waals surface area contributed by atoms with Gasteiger partial charge in [0.15, 0.2) is 0 Å². The van der Waals surface area contributed by atoms with Crippen LogP contribution in [0.15, 0.2) is 0 Å². The molecule has 2 rings (SSSR count). The molecule has 88 valence electrons. The van der Waals surface area contributed by atoms with Crippen LogP contribution in [0.3, 0.4) is 0 Å². The summed E-state index contributed by atoms with van der Waals surface area (Å²) in [6, 6.07) is 2.16. The Bertz CT molecular complexity index is 204. The van der Waals surface area contributed by atoms with Crippen molar-refractivity contribution < 1.29 is 4.84 Å². The third kappa shape index (κ3) is 3.16. The van der Waals surface area contributed by atoms with E-state index in [-0.39, 0.29) is 0 Å². The molecule has 0 aromatic heterocycles. The number of nitrogens with one attached hydrogen (secondary N) is 1. The van der Waals surface area contributed by atoms with Gasteiger partial charge in [0.1, 0.15) is 0 Å². The molecule has 0 spiro atoms. The summed E-state index contributed by atoms with van der Waals surface area (Å²) in [6.45, 7) is 8.67. The van der Waals surface area contributed by atoms with Crippen LogP contribution >= 0.6 is 0 Å². The van der Waals surface area contributed by atoms with Crippen LogP contribution in [-0.4, -0.2) is 36.2 Å². The highest BCUT2D eigenvalue weighted by Crippen LogP contribution is 2.33. The van der Waals surface area contributed by atoms with E-state index in [2.05, 4.69) is 31.2 Å². The van der Waals surface area contributed by atoms with Crippen molar-refractivity contribution in [3.05, 3.63) is 0 Å². The fraction of sp³-hybridized carbons (Fsp3) is 1.00. The molecule has 2 aliphatic rings. The Balaban J connectivity index is 1.67. The smallest absolute Gasteiger partial charge is 0.0705 e. The highest BCUT2D eigenvalue weighted by molar-refractivity contribution is 4.95. The van der Waals surface area contributed by atoms with E-state index in [9.17, 15) is 0 Å². The van der Waals surface area contributed by atoms with Gasteiger partial charge in [0, 0.05) is 24.7 Å². The number of hydrogen-bond acceptors (Lipinski definition) is 3. The summed E-state index contributed by atoms with van der Waals surface area (Å²) < 4.78 is 0. The summed E-state index contributed by atoms with van der Waals surface area (Å²) in [5.74, 6) is 0.607. The van der Waals surface area contributed by atoms with Crippen molar-refractivity contribution in [3.8, 4) is 0 Å². The first-order valence-corrected chi connectivity index (χ1v) is 6.30. The van der Waals surface area contributed by atoms with E-state index in [1.807, 2.05) is 0 Å². The third-order valence-electron chi connectivity index (χ3n) is 3.31. The monoisotopic (exact) mass is 212 g/mol. The van der Waals surface area contributed by atoms with Gasteiger partial charge in [0.25, 0.3) is 0 Å². The second-order valence-electron chi connectivity index (χ2n) is 5.53. The highest BCUT2D eigenvalue weighted by Gasteiger charge is 2.38. The highest BCUT2D eigenvalue weighted by atomic mass is 16.6. The summed E-state index contributed by atoms with van der Waals surface area (Å²) in [4.78, 5) is 8.13. The quantitative estimate of drug-likeness (QED) is 0.703. The van der Waals surface area contributed by atoms with E-state index >= 15 is 0 Å². The van der Waals surface area contributed by atoms with E-state index in [0.29, 0.717) is 12.0 Å². The van der Waals surface area contributed by atoms with Gasteiger partial charge in [0.2, 0.25) is 0 Å². The van der Waals surface area contributed by atoms with Gasteiger partial charge >= 0.3 is 0 Å². The molecule has 2 atom stereocenters. The second-order valence-corrected chi connectivity index (χ2v) is 5.53. The van der Waals surface area contributed by atoms with Crippen molar-refractivity contribution in [1.29, 1.82) is 0 Å². The minimum Gasteiger partial charge on any atom is -0.301 e. The molecule has 3 heteroatoms. The lowest BCUT2D eigenvalue weighted by molar-refractivity contribution is 0.00276. The molecule has 1 aliphatic heterocycles. The molecule has 3 nitrogen and oxygen atoms in total. The molecule has 0 aromatic rings. The van der Waals surface area contributed by atoms with Crippen molar-refractivity contribution in [2.75, 3.05) is 13.2 Å². The summed E-state index contributed by atoms with van der Waals surface area (Å²) in [7, 11) is 0. The van der Waals surface area contributed by atoms with Gasteiger partial charge in [-0.1, -0.05) is 13.8 Å². The van der Waals surface area contributed by atoms with Crippen LogP contribution < -0.4 is 5.48 Å². The van der Waals surface area contributed by atoms with E-state index in [0.717, 1.165) is 18.7 Å². The van der Waals surface area contributed by atoms with Crippen LogP contribution in [0.5, 0.6) is 0 Å². The summed E-state index contributed by atoms with van der Waals surface area (Å²) in [5, 5.41) is 0. The molecule has 2 unspecified atom stereocenters. The zero-order chi connectivity index (χ0) is 10.8. The molecular formula is C12H24N2O. The van der Waals surface area contributed by atoms with Gasteiger partial charge in [0.05, 0.1) is 6.61 Å². The third-order valence-corrected chi connectivity index (χ3v) is 3.31. The standard InChI is InChI=1S/C12H24N2O/c1-9(2)8-15-13-11-6-10(3)14(7-11)12-4-5-12/h9-13H,4-8H2,1-3H3. The lowest BCUT2D eigenvalue weighted by Gasteiger charge is -2.19. The SMILES string of the molecule is CC(C)CONC1CC(C)N(C2CC2)C1. The van der Waals surface area contributed by atoms with E-state index in [4.69, 9.17) is 4.84 Å². The average Bonchev–Trinajstić information content (AvgIpc) is 2.91. The average molecular weight is 212 g/mol. The van der Waals surface area contributed by atoms with Crippen LogP contribution in [0.4, 0.5) is 0 Å². The minimum absolute atomic E-state index is 0.541. The Hall–Kier alpha value is -0.120. The molecule has 2 fully saturated rings.